The molecule has 0 saturated carbocycles. The highest BCUT2D eigenvalue weighted by molar-refractivity contribution is 5.92. The Hall–Kier alpha value is -2.11. The lowest BCUT2D eigenvalue weighted by molar-refractivity contribution is -0.402. The van der Waals surface area contributed by atoms with Crippen LogP contribution in [-0.4, -0.2) is 17.4 Å². The summed E-state index contributed by atoms with van der Waals surface area (Å²) in [5.41, 5.74) is 0. The van der Waals surface area contributed by atoms with Crippen molar-refractivity contribution in [2.75, 3.05) is 6.54 Å². The Bertz CT molecular complexity index is 458. The van der Waals surface area contributed by atoms with E-state index in [1.54, 1.807) is 13.0 Å². The van der Waals surface area contributed by atoms with Crippen LogP contribution in [0.3, 0.4) is 0 Å². The number of hydrogen-bond acceptors (Lipinski definition) is 5. The molecule has 0 fully saturated rings. The minimum atomic E-state index is -0.602. The fourth-order valence-electron chi connectivity index (χ4n) is 1.15. The van der Waals surface area contributed by atoms with Gasteiger partial charge in [0.2, 0.25) is 0 Å². The molecular formula is C9H8N2O4. The first-order valence-corrected chi connectivity index (χ1v) is 4.30. The third-order valence-electron chi connectivity index (χ3n) is 1.85. The van der Waals surface area contributed by atoms with Crippen LogP contribution in [0.15, 0.2) is 33.4 Å². The fraction of sp³-hybridized carbons (Fsp3) is 0.222. The molecule has 2 heterocycles. The Morgan fingerprint density at radius 2 is 2.33 bits per heavy atom. The van der Waals surface area contributed by atoms with Crippen molar-refractivity contribution < 1.29 is 14.1 Å². The first kappa shape index (κ1) is 9.45. The molecule has 0 radical (unpaired) electrons. The van der Waals surface area contributed by atoms with Gasteiger partial charge in [0.05, 0.1) is 12.6 Å². The summed E-state index contributed by atoms with van der Waals surface area (Å²) < 4.78 is 10.2. The third-order valence-corrected chi connectivity index (χ3v) is 1.85. The van der Waals surface area contributed by atoms with Crippen molar-refractivity contribution >= 4 is 11.8 Å². The van der Waals surface area contributed by atoms with Crippen LogP contribution in [0, 0.1) is 10.1 Å². The van der Waals surface area contributed by atoms with E-state index >= 15 is 0 Å². The quantitative estimate of drug-likeness (QED) is 0.549. The molecule has 0 amide bonds. The molecule has 15 heavy (non-hydrogen) atoms. The zero-order valence-electron chi connectivity index (χ0n) is 7.97. The predicted molar refractivity (Wildman–Crippen MR) is 51.6 cm³/mol. The summed E-state index contributed by atoms with van der Waals surface area (Å²) >= 11 is 0. The molecule has 0 aliphatic carbocycles. The van der Waals surface area contributed by atoms with Gasteiger partial charge < -0.3 is 9.15 Å². The Balaban J connectivity index is 2.23. The van der Waals surface area contributed by atoms with Crippen LogP contribution in [0.5, 0.6) is 0 Å². The van der Waals surface area contributed by atoms with Crippen molar-refractivity contribution in [2.24, 2.45) is 4.99 Å². The van der Waals surface area contributed by atoms with Crippen molar-refractivity contribution in [1.82, 2.24) is 0 Å². The molecule has 6 nitrogen and oxygen atoms in total. The molecule has 0 aromatic carbocycles. The summed E-state index contributed by atoms with van der Waals surface area (Å²) in [4.78, 5) is 13.8. The first-order valence-electron chi connectivity index (χ1n) is 4.30. The second kappa shape index (κ2) is 3.56. The Morgan fingerprint density at radius 3 is 2.93 bits per heavy atom. The largest absolute Gasteiger partial charge is 0.441 e. The minimum absolute atomic E-state index is 0.272. The van der Waals surface area contributed by atoms with Gasteiger partial charge in [-0.05, 0) is 19.1 Å². The Labute approximate surface area is 85.0 Å². The highest BCUT2D eigenvalue weighted by Gasteiger charge is 2.18. The predicted octanol–water partition coefficient (Wildman–Crippen LogP) is 1.87. The Morgan fingerprint density at radius 1 is 1.53 bits per heavy atom. The van der Waals surface area contributed by atoms with Gasteiger partial charge in [0, 0.05) is 0 Å². The van der Waals surface area contributed by atoms with Crippen LogP contribution in [-0.2, 0) is 4.74 Å². The maximum atomic E-state index is 10.4. The maximum absolute atomic E-state index is 10.4. The number of furan rings is 1. The molecule has 0 spiro atoms. The number of nitro groups is 1. The van der Waals surface area contributed by atoms with Crippen LogP contribution < -0.4 is 0 Å². The van der Waals surface area contributed by atoms with Crippen LogP contribution in [0.25, 0.3) is 0 Å². The number of rotatable bonds is 2. The average molecular weight is 208 g/mol. The van der Waals surface area contributed by atoms with E-state index in [0.717, 1.165) is 0 Å². The van der Waals surface area contributed by atoms with Gasteiger partial charge in [0.25, 0.3) is 5.90 Å². The molecule has 0 bridgehead atoms. The molecule has 2 rings (SSSR count). The number of hydrogen-bond donors (Lipinski definition) is 0. The lowest BCUT2D eigenvalue weighted by atomic mass is 10.4. The summed E-state index contributed by atoms with van der Waals surface area (Å²) in [5, 5.41) is 10.4. The normalized spacial score (nSPS) is 15.3. The molecule has 0 atom stereocenters. The molecule has 1 aromatic heterocycles. The maximum Gasteiger partial charge on any atom is 0.433 e. The van der Waals surface area contributed by atoms with Crippen molar-refractivity contribution in [3.8, 4) is 0 Å². The van der Waals surface area contributed by atoms with Gasteiger partial charge in [-0.25, -0.2) is 4.99 Å². The number of allylic oxidation sites excluding steroid dienone is 1. The zero-order valence-corrected chi connectivity index (χ0v) is 7.97. The van der Waals surface area contributed by atoms with Gasteiger partial charge in [-0.1, -0.05) is 0 Å². The van der Waals surface area contributed by atoms with E-state index < -0.39 is 4.92 Å². The van der Waals surface area contributed by atoms with Crippen LogP contribution in [0.2, 0.25) is 0 Å². The number of aliphatic imine (C=N–C) groups is 1. The summed E-state index contributed by atoms with van der Waals surface area (Å²) in [6.07, 6.45) is 1.81. The summed E-state index contributed by atoms with van der Waals surface area (Å²) in [6.45, 7) is 2.28. The summed E-state index contributed by atoms with van der Waals surface area (Å²) in [5.74, 6) is 0.944. The first-order chi connectivity index (χ1) is 7.16. The smallest absolute Gasteiger partial charge is 0.433 e. The lowest BCUT2D eigenvalue weighted by Gasteiger charge is -2.09. The molecule has 6 heteroatoms. The van der Waals surface area contributed by atoms with Gasteiger partial charge in [-0.15, -0.1) is 0 Å². The summed E-state index contributed by atoms with van der Waals surface area (Å²) in [7, 11) is 0. The molecule has 78 valence electrons. The second-order valence-corrected chi connectivity index (χ2v) is 2.96. The van der Waals surface area contributed by atoms with Crippen molar-refractivity contribution in [3.63, 3.8) is 0 Å². The van der Waals surface area contributed by atoms with Gasteiger partial charge in [0.15, 0.2) is 5.76 Å². The van der Waals surface area contributed by atoms with Crippen molar-refractivity contribution in [2.45, 2.75) is 6.92 Å². The van der Waals surface area contributed by atoms with Gasteiger partial charge >= 0.3 is 5.88 Å². The van der Waals surface area contributed by atoms with Crippen LogP contribution >= 0.6 is 0 Å². The van der Waals surface area contributed by atoms with Gasteiger partial charge in [0.1, 0.15) is 10.7 Å². The number of ether oxygens (including phenoxy) is 1. The molecule has 1 aliphatic heterocycles. The van der Waals surface area contributed by atoms with E-state index in [-0.39, 0.29) is 17.5 Å². The van der Waals surface area contributed by atoms with E-state index in [1.807, 2.05) is 0 Å². The molecule has 0 N–H and O–H groups in total. The summed E-state index contributed by atoms with van der Waals surface area (Å²) in [6, 6.07) is 2.74. The van der Waals surface area contributed by atoms with E-state index in [9.17, 15) is 10.1 Å². The van der Waals surface area contributed by atoms with E-state index in [4.69, 9.17) is 9.15 Å². The van der Waals surface area contributed by atoms with Crippen molar-refractivity contribution in [1.29, 1.82) is 0 Å². The van der Waals surface area contributed by atoms with Gasteiger partial charge in [-0.3, -0.25) is 10.1 Å². The molecular weight excluding hydrogens is 200 g/mol. The third kappa shape index (κ3) is 1.88. The SMILES string of the molecule is CC1=CCN=C(c2ccc([N+](=O)[O-])o2)O1. The average Bonchev–Trinajstić information content (AvgIpc) is 2.66. The van der Waals surface area contributed by atoms with E-state index in [0.29, 0.717) is 12.3 Å². The lowest BCUT2D eigenvalue weighted by Crippen LogP contribution is -2.09. The minimum Gasteiger partial charge on any atom is -0.441 e. The molecule has 1 aromatic rings. The van der Waals surface area contributed by atoms with Crippen molar-refractivity contribution in [3.05, 3.63) is 39.8 Å². The van der Waals surface area contributed by atoms with Crippen LogP contribution in [0.4, 0.5) is 5.88 Å². The van der Waals surface area contributed by atoms with Gasteiger partial charge in [-0.2, -0.15) is 0 Å². The van der Waals surface area contributed by atoms with E-state index in [1.165, 1.54) is 12.1 Å². The second-order valence-electron chi connectivity index (χ2n) is 2.96. The zero-order chi connectivity index (χ0) is 10.8. The molecule has 0 saturated heterocycles. The standard InChI is InChI=1S/C9H8N2O4/c1-6-4-5-10-9(14-6)7-2-3-8(15-7)11(12)13/h2-4H,5H2,1H3. The Kier molecular flexibility index (Phi) is 2.24. The van der Waals surface area contributed by atoms with E-state index in [2.05, 4.69) is 4.99 Å². The number of nitrogens with zero attached hydrogens (tertiary/aromatic N) is 2. The fourth-order valence-corrected chi connectivity index (χ4v) is 1.15. The molecule has 1 aliphatic rings. The van der Waals surface area contributed by atoms with Crippen LogP contribution in [0.1, 0.15) is 12.7 Å². The molecule has 0 unspecified atom stereocenters. The topological polar surface area (TPSA) is 77.9 Å². The highest BCUT2D eigenvalue weighted by atomic mass is 16.6. The highest BCUT2D eigenvalue weighted by Crippen LogP contribution is 2.19. The monoisotopic (exact) mass is 208 g/mol.